The van der Waals surface area contributed by atoms with Crippen molar-refractivity contribution in [2.45, 2.75) is 25.9 Å². The Hall–Kier alpha value is -0.410. The Morgan fingerprint density at radius 1 is 1.57 bits per heavy atom. The Bertz CT molecular complexity index is 258. The van der Waals surface area contributed by atoms with Crippen LogP contribution in [0.1, 0.15) is 18.9 Å². The quantitative estimate of drug-likeness (QED) is 0.779. The van der Waals surface area contributed by atoms with Crippen LogP contribution in [0.4, 0.5) is 0 Å². The summed E-state index contributed by atoms with van der Waals surface area (Å²) in [6, 6.07) is 2.77. The van der Waals surface area contributed by atoms with E-state index in [-0.39, 0.29) is 0 Å². The van der Waals surface area contributed by atoms with Gasteiger partial charge in [0.25, 0.3) is 0 Å². The molecule has 0 fully saturated rings. The molecule has 0 aromatic carbocycles. The van der Waals surface area contributed by atoms with E-state index in [1.807, 2.05) is 11.8 Å². The second kappa shape index (κ2) is 6.14. The molecule has 0 aliphatic heterocycles. The van der Waals surface area contributed by atoms with Gasteiger partial charge in [0.05, 0.1) is 0 Å². The van der Waals surface area contributed by atoms with Crippen LogP contribution in [0.2, 0.25) is 0 Å². The second-order valence-electron chi connectivity index (χ2n) is 3.75. The van der Waals surface area contributed by atoms with E-state index in [1.165, 1.54) is 17.7 Å². The Kier molecular flexibility index (Phi) is 5.12. The number of rotatable bonds is 6. The SMILES string of the molecule is CSCCC(C)NCc1ccn(C)c1. The van der Waals surface area contributed by atoms with E-state index in [1.54, 1.807) is 0 Å². The molecule has 2 nitrogen and oxygen atoms in total. The first-order valence-electron chi connectivity index (χ1n) is 5.05. The minimum Gasteiger partial charge on any atom is -0.357 e. The summed E-state index contributed by atoms with van der Waals surface area (Å²) in [5.74, 6) is 1.24. The van der Waals surface area contributed by atoms with E-state index in [4.69, 9.17) is 0 Å². The highest BCUT2D eigenvalue weighted by molar-refractivity contribution is 7.98. The average Bonchev–Trinajstić information content (AvgIpc) is 2.58. The Morgan fingerprint density at radius 3 is 2.93 bits per heavy atom. The predicted octanol–water partition coefficient (Wildman–Crippen LogP) is 2.26. The lowest BCUT2D eigenvalue weighted by Crippen LogP contribution is -2.25. The highest BCUT2D eigenvalue weighted by Gasteiger charge is 2.01. The van der Waals surface area contributed by atoms with E-state index in [2.05, 4.69) is 48.6 Å². The van der Waals surface area contributed by atoms with Gasteiger partial charge in [0.15, 0.2) is 0 Å². The lowest BCUT2D eigenvalue weighted by molar-refractivity contribution is 0.537. The van der Waals surface area contributed by atoms with Gasteiger partial charge >= 0.3 is 0 Å². The van der Waals surface area contributed by atoms with Gasteiger partial charge < -0.3 is 9.88 Å². The summed E-state index contributed by atoms with van der Waals surface area (Å²) >= 11 is 1.91. The summed E-state index contributed by atoms with van der Waals surface area (Å²) in [5.41, 5.74) is 1.36. The standard InChI is InChI=1S/C11H20N2S/c1-10(5-7-14-3)12-8-11-4-6-13(2)9-11/h4,6,9-10,12H,5,7-8H2,1-3H3. The van der Waals surface area contributed by atoms with Gasteiger partial charge in [0.2, 0.25) is 0 Å². The van der Waals surface area contributed by atoms with Crippen LogP contribution in [0, 0.1) is 0 Å². The maximum Gasteiger partial charge on any atom is 0.0223 e. The van der Waals surface area contributed by atoms with Crippen LogP contribution in [-0.4, -0.2) is 22.6 Å². The summed E-state index contributed by atoms with van der Waals surface area (Å²) < 4.78 is 2.09. The molecule has 0 aliphatic carbocycles. The van der Waals surface area contributed by atoms with Gasteiger partial charge in [-0.2, -0.15) is 11.8 Å². The third kappa shape index (κ3) is 4.20. The first-order chi connectivity index (χ1) is 6.72. The summed E-state index contributed by atoms with van der Waals surface area (Å²) in [6.45, 7) is 3.23. The second-order valence-corrected chi connectivity index (χ2v) is 4.73. The molecule has 3 heteroatoms. The van der Waals surface area contributed by atoms with Crippen LogP contribution in [0.25, 0.3) is 0 Å². The van der Waals surface area contributed by atoms with Crippen molar-refractivity contribution in [1.82, 2.24) is 9.88 Å². The summed E-state index contributed by atoms with van der Waals surface area (Å²) in [5, 5.41) is 3.52. The molecule has 1 aromatic rings. The maximum atomic E-state index is 3.52. The number of hydrogen-bond donors (Lipinski definition) is 1. The van der Waals surface area contributed by atoms with Gasteiger partial charge in [0, 0.05) is 32.0 Å². The zero-order valence-electron chi connectivity index (χ0n) is 9.29. The van der Waals surface area contributed by atoms with Crippen LogP contribution >= 0.6 is 11.8 Å². The summed E-state index contributed by atoms with van der Waals surface area (Å²) in [6.07, 6.45) is 7.65. The highest BCUT2D eigenvalue weighted by atomic mass is 32.2. The fraction of sp³-hybridized carbons (Fsp3) is 0.636. The number of aryl methyl sites for hydroxylation is 1. The molecule has 0 radical (unpaired) electrons. The van der Waals surface area contributed by atoms with Crippen molar-refractivity contribution in [3.8, 4) is 0 Å². The zero-order valence-corrected chi connectivity index (χ0v) is 10.1. The first kappa shape index (κ1) is 11.7. The molecule has 0 aliphatic rings. The first-order valence-corrected chi connectivity index (χ1v) is 6.45. The molecule has 0 spiro atoms. The summed E-state index contributed by atoms with van der Waals surface area (Å²) in [7, 11) is 2.06. The van der Waals surface area contributed by atoms with Crippen LogP contribution in [0.5, 0.6) is 0 Å². The molecule has 0 saturated carbocycles. The smallest absolute Gasteiger partial charge is 0.0223 e. The van der Waals surface area contributed by atoms with E-state index in [0.29, 0.717) is 6.04 Å². The molecule has 14 heavy (non-hydrogen) atoms. The molecule has 0 amide bonds. The topological polar surface area (TPSA) is 17.0 Å². The van der Waals surface area contributed by atoms with Crippen molar-refractivity contribution in [1.29, 1.82) is 0 Å². The molecule has 1 N–H and O–H groups in total. The van der Waals surface area contributed by atoms with Crippen molar-refractivity contribution in [2.24, 2.45) is 7.05 Å². The van der Waals surface area contributed by atoms with Gasteiger partial charge in [-0.25, -0.2) is 0 Å². The van der Waals surface area contributed by atoms with Gasteiger partial charge in [-0.3, -0.25) is 0 Å². The minimum absolute atomic E-state index is 0.614. The highest BCUT2D eigenvalue weighted by Crippen LogP contribution is 2.03. The Balaban J connectivity index is 2.20. The van der Waals surface area contributed by atoms with Crippen LogP contribution in [0.15, 0.2) is 18.5 Å². The molecule has 80 valence electrons. The Morgan fingerprint density at radius 2 is 2.36 bits per heavy atom. The molecule has 0 saturated heterocycles. The van der Waals surface area contributed by atoms with E-state index < -0.39 is 0 Å². The van der Waals surface area contributed by atoms with Gasteiger partial charge in [-0.15, -0.1) is 0 Å². The van der Waals surface area contributed by atoms with Gasteiger partial charge in [0.1, 0.15) is 0 Å². The molecule has 1 aromatic heterocycles. The van der Waals surface area contributed by atoms with E-state index in [0.717, 1.165) is 6.54 Å². The van der Waals surface area contributed by atoms with Crippen molar-refractivity contribution < 1.29 is 0 Å². The number of hydrogen-bond acceptors (Lipinski definition) is 2. The summed E-state index contributed by atoms with van der Waals surface area (Å²) in [4.78, 5) is 0. The van der Waals surface area contributed by atoms with E-state index >= 15 is 0 Å². The number of aromatic nitrogens is 1. The van der Waals surface area contributed by atoms with Crippen molar-refractivity contribution in [3.05, 3.63) is 24.0 Å². The third-order valence-corrected chi connectivity index (χ3v) is 2.95. The van der Waals surface area contributed by atoms with E-state index in [9.17, 15) is 0 Å². The zero-order chi connectivity index (χ0) is 10.4. The minimum atomic E-state index is 0.614. The largest absolute Gasteiger partial charge is 0.357 e. The number of nitrogens with zero attached hydrogens (tertiary/aromatic N) is 1. The van der Waals surface area contributed by atoms with Crippen molar-refractivity contribution in [2.75, 3.05) is 12.0 Å². The van der Waals surface area contributed by atoms with Crippen LogP contribution in [0.3, 0.4) is 0 Å². The number of thioether (sulfide) groups is 1. The third-order valence-electron chi connectivity index (χ3n) is 2.30. The fourth-order valence-electron chi connectivity index (χ4n) is 1.35. The van der Waals surface area contributed by atoms with Crippen LogP contribution < -0.4 is 5.32 Å². The molecular weight excluding hydrogens is 192 g/mol. The molecule has 1 unspecified atom stereocenters. The molecular formula is C11H20N2S. The van der Waals surface area contributed by atoms with Crippen molar-refractivity contribution in [3.63, 3.8) is 0 Å². The van der Waals surface area contributed by atoms with Gasteiger partial charge in [-0.1, -0.05) is 0 Å². The molecule has 1 rings (SSSR count). The van der Waals surface area contributed by atoms with Gasteiger partial charge in [-0.05, 0) is 37.0 Å². The van der Waals surface area contributed by atoms with Crippen molar-refractivity contribution >= 4 is 11.8 Å². The lowest BCUT2D eigenvalue weighted by atomic mass is 10.2. The lowest BCUT2D eigenvalue weighted by Gasteiger charge is -2.11. The Labute approximate surface area is 91.1 Å². The monoisotopic (exact) mass is 212 g/mol. The fourth-order valence-corrected chi connectivity index (χ4v) is 1.94. The normalized spacial score (nSPS) is 13.1. The average molecular weight is 212 g/mol. The molecule has 0 bridgehead atoms. The maximum absolute atomic E-state index is 3.52. The predicted molar refractivity (Wildman–Crippen MR) is 64.7 cm³/mol. The molecule has 1 atom stereocenters. The number of nitrogens with one attached hydrogen (secondary N) is 1. The molecule has 1 heterocycles. The van der Waals surface area contributed by atoms with Crippen LogP contribution in [-0.2, 0) is 13.6 Å².